The lowest BCUT2D eigenvalue weighted by Gasteiger charge is -2.32. The number of carbonyl (C=O) groups is 2. The van der Waals surface area contributed by atoms with Crippen molar-refractivity contribution in [2.24, 2.45) is 5.92 Å². The van der Waals surface area contributed by atoms with E-state index in [9.17, 15) is 22.4 Å². The Kier molecular flexibility index (Phi) is 10.7. The summed E-state index contributed by atoms with van der Waals surface area (Å²) >= 11 is 0. The van der Waals surface area contributed by atoms with Crippen LogP contribution in [0.5, 0.6) is 5.75 Å². The Morgan fingerprint density at radius 2 is 1.55 bits per heavy atom. The Balaban J connectivity index is 1.95. The molecule has 1 unspecified atom stereocenters. The van der Waals surface area contributed by atoms with E-state index in [2.05, 4.69) is 5.32 Å². The number of ether oxygens (including phenoxy) is 1. The molecular formula is C30H36FN3O5S. The molecule has 8 nitrogen and oxygen atoms in total. The van der Waals surface area contributed by atoms with E-state index in [-0.39, 0.29) is 29.0 Å². The van der Waals surface area contributed by atoms with E-state index in [0.717, 1.165) is 22.0 Å². The van der Waals surface area contributed by atoms with Crippen LogP contribution in [0.25, 0.3) is 0 Å². The van der Waals surface area contributed by atoms with Gasteiger partial charge in [0.2, 0.25) is 11.8 Å². The molecule has 3 aromatic carbocycles. The topological polar surface area (TPSA) is 96.0 Å². The van der Waals surface area contributed by atoms with E-state index in [4.69, 9.17) is 4.74 Å². The lowest BCUT2D eigenvalue weighted by molar-refractivity contribution is -0.138. The highest BCUT2D eigenvalue weighted by Gasteiger charge is 2.32. The van der Waals surface area contributed by atoms with Gasteiger partial charge in [0.05, 0.1) is 17.7 Å². The highest BCUT2D eigenvalue weighted by molar-refractivity contribution is 7.92. The standard InChI is InChI=1S/C30H36FN3O5S/c1-22(2)20-32-30(36)23(3)33(19-18-24-8-6-5-7-9-24)29(35)21-34(26-12-10-25(31)11-13-26)40(37,38)28-16-14-27(39-4)15-17-28/h5-17,22-23H,18-21H2,1-4H3,(H,32,36). The lowest BCUT2D eigenvalue weighted by Crippen LogP contribution is -2.52. The van der Waals surface area contributed by atoms with Crippen molar-refractivity contribution in [1.82, 2.24) is 10.2 Å². The van der Waals surface area contributed by atoms with Crippen molar-refractivity contribution >= 4 is 27.5 Å². The third kappa shape index (κ3) is 8.05. The molecule has 0 aliphatic rings. The van der Waals surface area contributed by atoms with Crippen LogP contribution in [0.3, 0.4) is 0 Å². The molecule has 1 atom stereocenters. The van der Waals surface area contributed by atoms with E-state index < -0.39 is 34.3 Å². The van der Waals surface area contributed by atoms with Crippen LogP contribution in [0.15, 0.2) is 83.8 Å². The minimum atomic E-state index is -4.25. The SMILES string of the molecule is COc1ccc(S(=O)(=O)N(CC(=O)N(CCc2ccccc2)C(C)C(=O)NCC(C)C)c2ccc(F)cc2)cc1. The van der Waals surface area contributed by atoms with Crippen molar-refractivity contribution < 1.29 is 27.1 Å². The van der Waals surface area contributed by atoms with E-state index in [1.54, 1.807) is 6.92 Å². The van der Waals surface area contributed by atoms with E-state index >= 15 is 0 Å². The van der Waals surface area contributed by atoms with Crippen LogP contribution in [-0.2, 0) is 26.0 Å². The Morgan fingerprint density at radius 3 is 2.12 bits per heavy atom. The zero-order valence-corrected chi connectivity index (χ0v) is 24.0. The molecule has 0 aliphatic carbocycles. The summed E-state index contributed by atoms with van der Waals surface area (Å²) < 4.78 is 47.4. The number of methoxy groups -OCH3 is 1. The van der Waals surface area contributed by atoms with Gasteiger partial charge in [-0.1, -0.05) is 44.2 Å². The lowest BCUT2D eigenvalue weighted by atomic mass is 10.1. The molecule has 0 radical (unpaired) electrons. The van der Waals surface area contributed by atoms with E-state index in [1.807, 2.05) is 44.2 Å². The highest BCUT2D eigenvalue weighted by Crippen LogP contribution is 2.26. The van der Waals surface area contributed by atoms with Crippen molar-refractivity contribution in [2.75, 3.05) is 31.0 Å². The molecule has 0 saturated carbocycles. The van der Waals surface area contributed by atoms with Crippen LogP contribution in [0.2, 0.25) is 0 Å². The molecular weight excluding hydrogens is 533 g/mol. The van der Waals surface area contributed by atoms with Gasteiger partial charge in [-0.25, -0.2) is 12.8 Å². The fourth-order valence-corrected chi connectivity index (χ4v) is 5.45. The number of nitrogens with one attached hydrogen (secondary N) is 1. The van der Waals surface area contributed by atoms with Gasteiger partial charge in [0.15, 0.2) is 0 Å². The quantitative estimate of drug-likeness (QED) is 0.332. The number of anilines is 1. The third-order valence-electron chi connectivity index (χ3n) is 6.38. The third-order valence-corrected chi connectivity index (χ3v) is 8.17. The summed E-state index contributed by atoms with van der Waals surface area (Å²) in [4.78, 5) is 28.1. The number of halogens is 1. The monoisotopic (exact) mass is 569 g/mol. The van der Waals surface area contributed by atoms with Crippen molar-refractivity contribution in [2.45, 2.75) is 38.1 Å². The Morgan fingerprint density at radius 1 is 0.925 bits per heavy atom. The highest BCUT2D eigenvalue weighted by atomic mass is 32.2. The Bertz CT molecular complexity index is 1360. The van der Waals surface area contributed by atoms with Gasteiger partial charge in [-0.05, 0) is 73.4 Å². The summed E-state index contributed by atoms with van der Waals surface area (Å²) in [6.07, 6.45) is 0.468. The number of hydrogen-bond donors (Lipinski definition) is 1. The van der Waals surface area contributed by atoms with Gasteiger partial charge in [0, 0.05) is 13.1 Å². The molecule has 40 heavy (non-hydrogen) atoms. The van der Waals surface area contributed by atoms with Gasteiger partial charge < -0.3 is 15.0 Å². The molecule has 0 aliphatic heterocycles. The molecule has 1 N–H and O–H groups in total. The smallest absolute Gasteiger partial charge is 0.264 e. The number of benzene rings is 3. The maximum Gasteiger partial charge on any atom is 0.264 e. The minimum absolute atomic E-state index is 0.0658. The maximum absolute atomic E-state index is 13.8. The molecule has 0 saturated heterocycles. The first kappa shape index (κ1) is 30.6. The number of sulfonamides is 1. The fraction of sp³-hybridized carbons (Fsp3) is 0.333. The van der Waals surface area contributed by atoms with Crippen molar-refractivity contribution in [3.05, 3.63) is 90.2 Å². The van der Waals surface area contributed by atoms with Crippen LogP contribution in [0, 0.1) is 11.7 Å². The molecule has 0 heterocycles. The first-order valence-corrected chi connectivity index (χ1v) is 14.5. The molecule has 0 bridgehead atoms. The number of carbonyl (C=O) groups excluding carboxylic acids is 2. The largest absolute Gasteiger partial charge is 0.497 e. The second kappa shape index (κ2) is 13.9. The summed E-state index contributed by atoms with van der Waals surface area (Å²) in [5, 5.41) is 2.86. The zero-order chi connectivity index (χ0) is 29.3. The predicted molar refractivity (Wildman–Crippen MR) is 153 cm³/mol. The first-order valence-electron chi connectivity index (χ1n) is 13.1. The van der Waals surface area contributed by atoms with Gasteiger partial charge >= 0.3 is 0 Å². The van der Waals surface area contributed by atoms with E-state index in [0.29, 0.717) is 18.7 Å². The summed E-state index contributed by atoms with van der Waals surface area (Å²) in [5.41, 5.74) is 1.09. The summed E-state index contributed by atoms with van der Waals surface area (Å²) in [6, 6.07) is 19.3. The van der Waals surface area contributed by atoms with Gasteiger partial charge in [0.25, 0.3) is 10.0 Å². The minimum Gasteiger partial charge on any atom is -0.497 e. The summed E-state index contributed by atoms with van der Waals surface area (Å²) in [6.45, 7) is 5.60. The zero-order valence-electron chi connectivity index (χ0n) is 23.2. The van der Waals surface area contributed by atoms with Crippen molar-refractivity contribution in [1.29, 1.82) is 0 Å². The van der Waals surface area contributed by atoms with Gasteiger partial charge in [-0.2, -0.15) is 0 Å². The molecule has 0 aromatic heterocycles. The van der Waals surface area contributed by atoms with Crippen molar-refractivity contribution in [3.8, 4) is 5.75 Å². The maximum atomic E-state index is 13.8. The van der Waals surface area contributed by atoms with Crippen LogP contribution >= 0.6 is 0 Å². The molecule has 214 valence electrons. The molecule has 3 aromatic rings. The molecule has 2 amide bonds. The van der Waals surface area contributed by atoms with Crippen LogP contribution < -0.4 is 14.4 Å². The fourth-order valence-electron chi connectivity index (χ4n) is 4.03. The van der Waals surface area contributed by atoms with Gasteiger partial charge in [0.1, 0.15) is 24.2 Å². The van der Waals surface area contributed by atoms with Crippen LogP contribution in [0.4, 0.5) is 10.1 Å². The first-order chi connectivity index (χ1) is 19.0. The molecule has 0 fully saturated rings. The van der Waals surface area contributed by atoms with E-state index in [1.165, 1.54) is 48.4 Å². The number of amides is 2. The summed E-state index contributed by atoms with van der Waals surface area (Å²) in [7, 11) is -2.78. The second-order valence-electron chi connectivity index (χ2n) is 9.80. The molecule has 3 rings (SSSR count). The van der Waals surface area contributed by atoms with Gasteiger partial charge in [-0.15, -0.1) is 0 Å². The average molecular weight is 570 g/mol. The normalized spacial score (nSPS) is 12.1. The number of hydrogen-bond acceptors (Lipinski definition) is 5. The Hall–Kier alpha value is -3.92. The summed E-state index contributed by atoms with van der Waals surface area (Å²) in [5.74, 6) is -0.757. The predicted octanol–water partition coefficient (Wildman–Crippen LogP) is 4.26. The molecule has 10 heteroatoms. The second-order valence-corrected chi connectivity index (χ2v) is 11.7. The Labute approximate surface area is 235 Å². The van der Waals surface area contributed by atoms with Crippen molar-refractivity contribution in [3.63, 3.8) is 0 Å². The molecule has 0 spiro atoms. The van der Waals surface area contributed by atoms with Crippen LogP contribution in [0.1, 0.15) is 26.3 Å². The number of nitrogens with zero attached hydrogens (tertiary/aromatic N) is 2. The van der Waals surface area contributed by atoms with Gasteiger partial charge in [-0.3, -0.25) is 13.9 Å². The number of rotatable bonds is 13. The average Bonchev–Trinajstić information content (AvgIpc) is 2.95. The van der Waals surface area contributed by atoms with Crippen LogP contribution in [-0.4, -0.2) is 57.9 Å².